The molecule has 8 heteroatoms. The lowest BCUT2D eigenvalue weighted by Gasteiger charge is -2.56. The molecule has 0 spiro atoms. The van der Waals surface area contributed by atoms with E-state index in [-0.39, 0.29) is 35.7 Å². The first-order valence-corrected chi connectivity index (χ1v) is 12.6. The average Bonchev–Trinajstić information content (AvgIpc) is 2.87. The number of rotatable bonds is 4. The fourth-order valence-corrected chi connectivity index (χ4v) is 7.55. The molecule has 0 heterocycles. The van der Waals surface area contributed by atoms with E-state index in [1.165, 1.54) is 6.08 Å². The summed E-state index contributed by atoms with van der Waals surface area (Å²) in [6, 6.07) is 0. The molecular weight excluding hydrogens is 420 g/mol. The van der Waals surface area contributed by atoms with Crippen LogP contribution in [-0.2, 0) is 28.7 Å². The summed E-state index contributed by atoms with van der Waals surface area (Å²) in [6.45, 7) is 4.85. The second-order valence-corrected chi connectivity index (χ2v) is 12.0. The maximum Gasteiger partial charge on any atom is 0.264 e. The number of hydrogen-bond acceptors (Lipinski definition) is 7. The second kappa shape index (κ2) is 6.93. The first-order chi connectivity index (χ1) is 14.2. The van der Waals surface area contributed by atoms with E-state index in [1.807, 2.05) is 13.0 Å². The number of fused-ring (bicyclic) bond motifs is 5. The largest absolute Gasteiger partial charge is 0.381 e. The predicted molar refractivity (Wildman–Crippen MR) is 112 cm³/mol. The van der Waals surface area contributed by atoms with Crippen molar-refractivity contribution in [1.82, 2.24) is 0 Å². The highest BCUT2D eigenvalue weighted by Crippen LogP contribution is 2.67. The molecule has 0 aromatic heterocycles. The highest BCUT2D eigenvalue weighted by atomic mass is 32.2. The molecule has 7 nitrogen and oxygen atoms in total. The van der Waals surface area contributed by atoms with Crippen molar-refractivity contribution in [2.24, 2.45) is 34.5 Å². The van der Waals surface area contributed by atoms with Gasteiger partial charge in [-0.15, -0.1) is 0 Å². The lowest BCUT2D eigenvalue weighted by Crippen LogP contribution is -2.62. The van der Waals surface area contributed by atoms with Gasteiger partial charge >= 0.3 is 0 Å². The van der Waals surface area contributed by atoms with Crippen molar-refractivity contribution in [1.29, 1.82) is 0 Å². The number of carbonyl (C=O) groups is 3. The Kier molecular flexibility index (Phi) is 5.04. The molecule has 7 atom stereocenters. The summed E-state index contributed by atoms with van der Waals surface area (Å²) in [7, 11) is -3.84. The smallest absolute Gasteiger partial charge is 0.264 e. The van der Waals surface area contributed by atoms with Crippen molar-refractivity contribution in [3.8, 4) is 0 Å². The standard InChI is InChI=1S/C23H30O7S/c1-13-9-17-16-6-5-14-10-15(24)7-8-21(14,2)20(16)18(25)11-22(17,3)23(13,27)19(26)12-30-31(4,28)29/h7-8,10,13,16-17,20,27H,5-6,9,11-12H2,1-4H3/t13-,16?,17?,20?,21?,22?,23+/m1/s1. The quantitative estimate of drug-likeness (QED) is 0.652. The van der Waals surface area contributed by atoms with Crippen molar-refractivity contribution < 1.29 is 32.1 Å². The summed E-state index contributed by atoms with van der Waals surface area (Å²) in [5.74, 6) is -1.58. The molecule has 4 rings (SSSR count). The highest BCUT2D eigenvalue weighted by Gasteiger charge is 2.70. The van der Waals surface area contributed by atoms with E-state index in [2.05, 4.69) is 0 Å². The van der Waals surface area contributed by atoms with Gasteiger partial charge in [0.1, 0.15) is 18.0 Å². The van der Waals surface area contributed by atoms with Crippen LogP contribution in [0.15, 0.2) is 23.8 Å². The summed E-state index contributed by atoms with van der Waals surface area (Å²) < 4.78 is 27.5. The third-order valence-electron chi connectivity index (χ3n) is 8.67. The molecule has 0 aliphatic heterocycles. The number of carbonyl (C=O) groups excluding carboxylic acids is 3. The first kappa shape index (κ1) is 22.6. The monoisotopic (exact) mass is 450 g/mol. The SMILES string of the molecule is C[C@@H]1CC2C3CCC4=CC(=O)C=CC4(C)C3C(=O)CC2(C)[C@@]1(O)C(=O)COS(C)(=O)=O. The number of aliphatic hydroxyl groups is 1. The lowest BCUT2D eigenvalue weighted by atomic mass is 9.46. The fraction of sp³-hybridized carbons (Fsp3) is 0.696. The maximum absolute atomic E-state index is 13.6. The molecule has 4 aliphatic carbocycles. The Morgan fingerprint density at radius 2 is 1.97 bits per heavy atom. The van der Waals surface area contributed by atoms with Crippen molar-refractivity contribution in [2.45, 2.75) is 52.1 Å². The van der Waals surface area contributed by atoms with Crippen LogP contribution < -0.4 is 0 Å². The number of Topliss-reactive ketones (excluding diaryl/α,β-unsaturated/α-hetero) is 2. The zero-order valence-electron chi connectivity index (χ0n) is 18.4. The van der Waals surface area contributed by atoms with Gasteiger partial charge in [0.05, 0.1) is 6.26 Å². The van der Waals surface area contributed by atoms with Gasteiger partial charge in [-0.2, -0.15) is 8.42 Å². The molecule has 31 heavy (non-hydrogen) atoms. The number of allylic oxidation sites excluding steroid dienone is 4. The van der Waals surface area contributed by atoms with Crippen molar-refractivity contribution in [3.63, 3.8) is 0 Å². The lowest BCUT2D eigenvalue weighted by molar-refractivity contribution is -0.172. The van der Waals surface area contributed by atoms with Gasteiger partial charge in [-0.25, -0.2) is 0 Å². The summed E-state index contributed by atoms with van der Waals surface area (Å²) in [5, 5.41) is 11.7. The Labute approximate surface area is 183 Å². The molecule has 4 aliphatic rings. The second-order valence-electron chi connectivity index (χ2n) is 10.3. The maximum atomic E-state index is 13.6. The number of ketones is 3. The van der Waals surface area contributed by atoms with Crippen LogP contribution in [0.2, 0.25) is 0 Å². The van der Waals surface area contributed by atoms with Crippen LogP contribution in [0.3, 0.4) is 0 Å². The normalized spacial score (nSPS) is 44.4. The van der Waals surface area contributed by atoms with Crippen LogP contribution in [-0.4, -0.2) is 49.3 Å². The molecule has 5 unspecified atom stereocenters. The first-order valence-electron chi connectivity index (χ1n) is 10.8. The molecule has 0 saturated heterocycles. The van der Waals surface area contributed by atoms with Crippen LogP contribution in [0.5, 0.6) is 0 Å². The van der Waals surface area contributed by atoms with Crippen LogP contribution in [0, 0.1) is 34.5 Å². The van der Waals surface area contributed by atoms with Crippen LogP contribution >= 0.6 is 0 Å². The van der Waals surface area contributed by atoms with Gasteiger partial charge in [0.25, 0.3) is 10.1 Å². The molecule has 0 radical (unpaired) electrons. The molecular formula is C23H30O7S. The van der Waals surface area contributed by atoms with Crippen molar-refractivity contribution in [3.05, 3.63) is 23.8 Å². The van der Waals surface area contributed by atoms with Crippen LogP contribution in [0.1, 0.15) is 46.5 Å². The Morgan fingerprint density at radius 1 is 1.29 bits per heavy atom. The Bertz CT molecular complexity index is 1020. The van der Waals surface area contributed by atoms with Gasteiger partial charge in [0.15, 0.2) is 11.6 Å². The summed E-state index contributed by atoms with van der Waals surface area (Å²) in [5.41, 5.74) is -2.37. The molecule has 3 saturated carbocycles. The van der Waals surface area contributed by atoms with Crippen molar-refractivity contribution in [2.75, 3.05) is 12.9 Å². The van der Waals surface area contributed by atoms with E-state index in [4.69, 9.17) is 4.18 Å². The summed E-state index contributed by atoms with van der Waals surface area (Å²) >= 11 is 0. The fourth-order valence-electron chi connectivity index (χ4n) is 7.23. The van der Waals surface area contributed by atoms with Gasteiger partial charge in [-0.3, -0.25) is 18.6 Å². The van der Waals surface area contributed by atoms with Crippen LogP contribution in [0.4, 0.5) is 0 Å². The van der Waals surface area contributed by atoms with Gasteiger partial charge in [0, 0.05) is 23.2 Å². The predicted octanol–water partition coefficient (Wildman–Crippen LogP) is 2.00. The molecule has 170 valence electrons. The zero-order valence-corrected chi connectivity index (χ0v) is 19.2. The van der Waals surface area contributed by atoms with E-state index in [1.54, 1.807) is 19.9 Å². The van der Waals surface area contributed by atoms with Crippen LogP contribution in [0.25, 0.3) is 0 Å². The van der Waals surface area contributed by atoms with E-state index in [0.717, 1.165) is 18.2 Å². The molecule has 0 bridgehead atoms. The topological polar surface area (TPSA) is 115 Å². The van der Waals surface area contributed by atoms with Gasteiger partial charge in [-0.1, -0.05) is 32.4 Å². The molecule has 3 fully saturated rings. The Morgan fingerprint density at radius 3 is 2.61 bits per heavy atom. The third-order valence-corrected chi connectivity index (χ3v) is 9.21. The highest BCUT2D eigenvalue weighted by molar-refractivity contribution is 7.86. The molecule has 0 amide bonds. The Balaban J connectivity index is 1.71. The third kappa shape index (κ3) is 3.13. The minimum absolute atomic E-state index is 0.0137. The summed E-state index contributed by atoms with van der Waals surface area (Å²) in [6.07, 6.45) is 7.93. The van der Waals surface area contributed by atoms with E-state index < -0.39 is 44.9 Å². The van der Waals surface area contributed by atoms with Gasteiger partial charge in [0.2, 0.25) is 0 Å². The zero-order chi connectivity index (χ0) is 23.0. The molecule has 0 aromatic carbocycles. The number of hydrogen-bond donors (Lipinski definition) is 1. The summed E-state index contributed by atoms with van der Waals surface area (Å²) in [4.78, 5) is 38.5. The minimum Gasteiger partial charge on any atom is -0.381 e. The average molecular weight is 451 g/mol. The molecule has 0 aromatic rings. The van der Waals surface area contributed by atoms with Gasteiger partial charge in [-0.05, 0) is 49.2 Å². The molecule has 1 N–H and O–H groups in total. The van der Waals surface area contributed by atoms with E-state index in [9.17, 15) is 27.9 Å². The minimum atomic E-state index is -3.84. The van der Waals surface area contributed by atoms with Gasteiger partial charge < -0.3 is 5.11 Å². The Hall–Kier alpha value is -1.64. The van der Waals surface area contributed by atoms with Crippen molar-refractivity contribution >= 4 is 27.5 Å². The van der Waals surface area contributed by atoms with E-state index >= 15 is 0 Å². The van der Waals surface area contributed by atoms with E-state index in [0.29, 0.717) is 12.8 Å².